The molecule has 0 atom stereocenters. The molecule has 10 nitrogen and oxygen atoms in total. The van der Waals surface area contributed by atoms with Gasteiger partial charge in [0.2, 0.25) is 0 Å². The minimum Gasteiger partial charge on any atom is -0.872 e. The normalized spacial score (nSPS) is 11.3. The zero-order valence-electron chi connectivity index (χ0n) is 21.9. The standard InChI is InChI=1S/C29H27N5O5/c1-18-25(28(36)32(30(18)3)20-11-7-5-8-12-20)27(23-17-22(34(38)39)15-16-24(23)35)26-19(2)31(4)33(29(26)37)21-13-9-6-10-14-21/h5-17,27,35H,1-4H3/p-1. The van der Waals surface area contributed by atoms with Crippen molar-refractivity contribution in [3.8, 4) is 17.1 Å². The van der Waals surface area contributed by atoms with Gasteiger partial charge in [0.05, 0.1) is 27.4 Å². The Labute approximate surface area is 223 Å². The Morgan fingerprint density at radius 3 is 1.56 bits per heavy atom. The maximum atomic E-state index is 14.1. The van der Waals surface area contributed by atoms with Gasteiger partial charge in [-0.1, -0.05) is 42.5 Å². The maximum absolute atomic E-state index is 14.1. The second kappa shape index (κ2) is 9.64. The van der Waals surface area contributed by atoms with Gasteiger partial charge in [-0.05, 0) is 43.7 Å². The summed E-state index contributed by atoms with van der Waals surface area (Å²) in [6, 6.07) is 21.4. The molecule has 2 heterocycles. The highest BCUT2D eigenvalue weighted by Gasteiger charge is 2.33. The number of hydrogen-bond acceptors (Lipinski definition) is 5. The Bertz CT molecular complexity index is 1720. The molecular weight excluding hydrogens is 498 g/mol. The fourth-order valence-electron chi connectivity index (χ4n) is 5.17. The Morgan fingerprint density at radius 2 is 1.15 bits per heavy atom. The molecule has 0 radical (unpaired) electrons. The Balaban J connectivity index is 1.89. The van der Waals surface area contributed by atoms with Gasteiger partial charge in [-0.15, -0.1) is 5.75 Å². The molecule has 0 unspecified atom stereocenters. The van der Waals surface area contributed by atoms with Crippen LogP contribution in [-0.2, 0) is 14.1 Å². The molecule has 0 aliphatic carbocycles. The fourth-order valence-corrected chi connectivity index (χ4v) is 5.17. The molecule has 39 heavy (non-hydrogen) atoms. The number of nitro groups is 1. The number of rotatable bonds is 6. The number of nitrogens with zero attached hydrogens (tertiary/aromatic N) is 5. The first-order chi connectivity index (χ1) is 18.6. The van der Waals surface area contributed by atoms with Crippen LogP contribution in [0.5, 0.6) is 5.75 Å². The summed E-state index contributed by atoms with van der Waals surface area (Å²) in [4.78, 5) is 39.3. The van der Waals surface area contributed by atoms with E-state index >= 15 is 0 Å². The van der Waals surface area contributed by atoms with Crippen molar-refractivity contribution < 1.29 is 10.0 Å². The molecule has 0 bridgehead atoms. The zero-order chi connectivity index (χ0) is 28.0. The third kappa shape index (κ3) is 4.06. The number of nitro benzene ring substituents is 1. The summed E-state index contributed by atoms with van der Waals surface area (Å²) in [7, 11) is 3.44. The second-order valence-electron chi connectivity index (χ2n) is 9.36. The monoisotopic (exact) mass is 524 g/mol. The molecule has 0 fully saturated rings. The van der Waals surface area contributed by atoms with Crippen LogP contribution in [0.25, 0.3) is 11.4 Å². The molecule has 0 amide bonds. The van der Waals surface area contributed by atoms with Crippen LogP contribution in [0.15, 0.2) is 88.5 Å². The average molecular weight is 525 g/mol. The van der Waals surface area contributed by atoms with E-state index in [1.807, 2.05) is 12.1 Å². The van der Waals surface area contributed by atoms with Crippen molar-refractivity contribution in [2.75, 3.05) is 0 Å². The van der Waals surface area contributed by atoms with E-state index in [2.05, 4.69) is 0 Å². The molecule has 2 aromatic heterocycles. The molecule has 3 aromatic carbocycles. The van der Waals surface area contributed by atoms with Crippen LogP contribution < -0.4 is 16.2 Å². The van der Waals surface area contributed by atoms with Gasteiger partial charge in [-0.2, -0.15) is 0 Å². The van der Waals surface area contributed by atoms with Crippen LogP contribution in [0.1, 0.15) is 34.0 Å². The third-order valence-corrected chi connectivity index (χ3v) is 7.29. The summed E-state index contributed by atoms with van der Waals surface area (Å²) in [6.45, 7) is 3.47. The SMILES string of the molecule is Cc1c(C(c2cc([N+](=O)[O-])ccc2[O-])c2c(C)n(C)n(-c3ccccc3)c2=O)c(=O)n(-c2ccccc2)n1C. The molecule has 0 saturated heterocycles. The van der Waals surface area contributed by atoms with Crippen LogP contribution in [0.2, 0.25) is 0 Å². The number of hydrogen-bond donors (Lipinski definition) is 0. The topological polar surface area (TPSA) is 120 Å². The lowest BCUT2D eigenvalue weighted by molar-refractivity contribution is -0.385. The quantitative estimate of drug-likeness (QED) is 0.249. The number of para-hydroxylation sites is 2. The van der Waals surface area contributed by atoms with Crippen molar-refractivity contribution in [1.82, 2.24) is 18.7 Å². The second-order valence-corrected chi connectivity index (χ2v) is 9.36. The van der Waals surface area contributed by atoms with Gasteiger partial charge in [-0.3, -0.25) is 29.1 Å². The van der Waals surface area contributed by atoms with Crippen molar-refractivity contribution in [1.29, 1.82) is 0 Å². The predicted molar refractivity (Wildman–Crippen MR) is 145 cm³/mol. The highest BCUT2D eigenvalue weighted by Crippen LogP contribution is 2.38. The van der Waals surface area contributed by atoms with Crippen molar-refractivity contribution in [3.05, 3.63) is 138 Å². The molecule has 10 heteroatoms. The summed E-state index contributed by atoms with van der Waals surface area (Å²) in [5.74, 6) is -1.65. The summed E-state index contributed by atoms with van der Waals surface area (Å²) < 4.78 is 6.26. The maximum Gasteiger partial charge on any atom is 0.275 e. The molecule has 0 aliphatic rings. The van der Waals surface area contributed by atoms with Crippen molar-refractivity contribution >= 4 is 5.69 Å². The number of aromatic nitrogens is 4. The first-order valence-corrected chi connectivity index (χ1v) is 12.3. The average Bonchev–Trinajstić information content (AvgIpc) is 3.28. The van der Waals surface area contributed by atoms with E-state index in [9.17, 15) is 24.8 Å². The van der Waals surface area contributed by atoms with Crippen molar-refractivity contribution in [2.24, 2.45) is 14.1 Å². The van der Waals surface area contributed by atoms with E-state index in [4.69, 9.17) is 0 Å². The van der Waals surface area contributed by atoms with Crippen LogP contribution in [0.4, 0.5) is 5.69 Å². The van der Waals surface area contributed by atoms with Gasteiger partial charge in [-0.25, -0.2) is 9.36 Å². The lowest BCUT2D eigenvalue weighted by atomic mass is 9.84. The van der Waals surface area contributed by atoms with E-state index in [0.717, 1.165) is 12.1 Å². The Hall–Kier alpha value is -5.12. The first-order valence-electron chi connectivity index (χ1n) is 12.3. The van der Waals surface area contributed by atoms with Crippen LogP contribution in [-0.4, -0.2) is 23.7 Å². The van der Waals surface area contributed by atoms with Crippen LogP contribution in [0, 0.1) is 24.0 Å². The first kappa shape index (κ1) is 25.5. The van der Waals surface area contributed by atoms with E-state index in [-0.39, 0.29) is 22.4 Å². The highest BCUT2D eigenvalue weighted by atomic mass is 16.6. The highest BCUT2D eigenvalue weighted by molar-refractivity contribution is 5.54. The summed E-state index contributed by atoms with van der Waals surface area (Å²) in [5.41, 5.74) is 1.48. The third-order valence-electron chi connectivity index (χ3n) is 7.29. The smallest absolute Gasteiger partial charge is 0.275 e. The van der Waals surface area contributed by atoms with E-state index in [1.165, 1.54) is 15.4 Å². The molecule has 0 saturated carbocycles. The molecule has 0 aliphatic heterocycles. The lowest BCUT2D eigenvalue weighted by Gasteiger charge is -2.22. The molecule has 5 aromatic rings. The predicted octanol–water partition coefficient (Wildman–Crippen LogP) is 3.44. The Morgan fingerprint density at radius 1 is 0.718 bits per heavy atom. The number of benzene rings is 3. The minimum atomic E-state index is -1.15. The van der Waals surface area contributed by atoms with Gasteiger partial charge in [0, 0.05) is 43.5 Å². The van der Waals surface area contributed by atoms with E-state index in [1.54, 1.807) is 85.8 Å². The van der Waals surface area contributed by atoms with Gasteiger partial charge in [0.15, 0.2) is 0 Å². The van der Waals surface area contributed by atoms with Crippen LogP contribution in [0.3, 0.4) is 0 Å². The van der Waals surface area contributed by atoms with Gasteiger partial charge >= 0.3 is 0 Å². The molecular formula is C29H26N5O5-. The Kier molecular flexibility index (Phi) is 6.31. The minimum absolute atomic E-state index is 0.0128. The number of non-ortho nitro benzene ring substituents is 1. The molecule has 0 spiro atoms. The summed E-state index contributed by atoms with van der Waals surface area (Å²) in [5, 5.41) is 25.0. The van der Waals surface area contributed by atoms with Gasteiger partial charge in [0.25, 0.3) is 16.8 Å². The van der Waals surface area contributed by atoms with E-state index < -0.39 is 27.7 Å². The van der Waals surface area contributed by atoms with E-state index in [0.29, 0.717) is 22.8 Å². The molecule has 198 valence electrons. The van der Waals surface area contributed by atoms with Gasteiger partial charge < -0.3 is 5.11 Å². The fraction of sp³-hybridized carbons (Fsp3) is 0.172. The zero-order valence-corrected chi connectivity index (χ0v) is 21.9. The molecule has 0 N–H and O–H groups in total. The lowest BCUT2D eigenvalue weighted by Crippen LogP contribution is -2.26. The largest absolute Gasteiger partial charge is 0.872 e. The van der Waals surface area contributed by atoms with Crippen LogP contribution >= 0.6 is 0 Å². The summed E-state index contributed by atoms with van der Waals surface area (Å²) in [6.07, 6.45) is 0. The van der Waals surface area contributed by atoms with Crippen molar-refractivity contribution in [3.63, 3.8) is 0 Å². The summed E-state index contributed by atoms with van der Waals surface area (Å²) >= 11 is 0. The molecule has 5 rings (SSSR count). The van der Waals surface area contributed by atoms with Gasteiger partial charge in [0.1, 0.15) is 0 Å². The van der Waals surface area contributed by atoms with Crippen molar-refractivity contribution in [2.45, 2.75) is 19.8 Å².